The van der Waals surface area contributed by atoms with Crippen LogP contribution in [-0.2, 0) is 0 Å². The topological polar surface area (TPSA) is 21.8 Å². The molecule has 2 saturated heterocycles. The van der Waals surface area contributed by atoms with Crippen LogP contribution >= 0.6 is 0 Å². The molecule has 0 aliphatic carbocycles. The minimum absolute atomic E-state index is 1.08. The Hall–Kier alpha value is -0.420. The quantitative estimate of drug-likeness (QED) is 0.679. The largest absolute Gasteiger partial charge is 0.314 e. The molecule has 0 unspecified atom stereocenters. The monoisotopic (exact) mass is 238 g/mol. The van der Waals surface area contributed by atoms with Crippen molar-refractivity contribution >= 4 is 0 Å². The Labute approximate surface area is 105 Å². The summed E-state index contributed by atoms with van der Waals surface area (Å²) in [5, 5.41) is 3.39. The molecule has 4 nitrogen and oxygen atoms in total. The normalized spacial score (nSPS) is 25.0. The first-order valence-corrected chi connectivity index (χ1v) is 6.74. The Morgan fingerprint density at radius 1 is 0.941 bits per heavy atom. The third kappa shape index (κ3) is 4.39. The van der Waals surface area contributed by atoms with E-state index in [-0.39, 0.29) is 0 Å². The maximum atomic E-state index is 4.24. The molecule has 2 aliphatic rings. The molecular formula is C13H26N4. The lowest BCUT2D eigenvalue weighted by molar-refractivity contribution is 0.159. The van der Waals surface area contributed by atoms with Crippen LogP contribution in [0.2, 0.25) is 0 Å². The number of nitrogens with zero attached hydrogens (tertiary/aromatic N) is 3. The van der Waals surface area contributed by atoms with Crippen molar-refractivity contribution in [2.75, 3.05) is 72.5 Å². The van der Waals surface area contributed by atoms with Gasteiger partial charge in [-0.05, 0) is 12.6 Å². The summed E-state index contributed by atoms with van der Waals surface area (Å²) in [6, 6.07) is 0. The highest BCUT2D eigenvalue weighted by Gasteiger charge is 2.16. The lowest BCUT2D eigenvalue weighted by atomic mass is 10.2. The van der Waals surface area contributed by atoms with E-state index >= 15 is 0 Å². The maximum Gasteiger partial charge on any atom is 0.0204 e. The average molecular weight is 238 g/mol. The van der Waals surface area contributed by atoms with Crippen molar-refractivity contribution in [3.05, 3.63) is 12.2 Å². The number of nitrogens with one attached hydrogen (secondary N) is 1. The van der Waals surface area contributed by atoms with Crippen LogP contribution < -0.4 is 5.32 Å². The molecule has 0 spiro atoms. The molecule has 0 aromatic carbocycles. The third-order valence-corrected chi connectivity index (χ3v) is 3.70. The molecule has 0 aromatic rings. The summed E-state index contributed by atoms with van der Waals surface area (Å²) in [5.74, 6) is 0. The van der Waals surface area contributed by atoms with Gasteiger partial charge in [-0.15, -0.1) is 0 Å². The van der Waals surface area contributed by atoms with Gasteiger partial charge in [0.25, 0.3) is 0 Å². The Bertz CT molecular complexity index is 240. The lowest BCUT2D eigenvalue weighted by Gasteiger charge is -2.34. The van der Waals surface area contributed by atoms with Gasteiger partial charge in [-0.2, -0.15) is 0 Å². The molecule has 2 aliphatic heterocycles. The molecule has 98 valence electrons. The van der Waals surface area contributed by atoms with Crippen LogP contribution in [0.4, 0.5) is 0 Å². The first-order valence-electron chi connectivity index (χ1n) is 6.74. The van der Waals surface area contributed by atoms with Crippen LogP contribution in [0, 0.1) is 0 Å². The fourth-order valence-electron chi connectivity index (χ4n) is 2.56. The molecule has 2 heterocycles. The van der Waals surface area contributed by atoms with E-state index in [9.17, 15) is 0 Å². The summed E-state index contributed by atoms with van der Waals surface area (Å²) in [4.78, 5) is 7.44. The fraction of sp³-hybridized carbons (Fsp3) is 0.846. The Morgan fingerprint density at radius 3 is 2.06 bits per heavy atom. The molecule has 1 N–H and O–H groups in total. The van der Waals surface area contributed by atoms with Crippen molar-refractivity contribution in [1.82, 2.24) is 20.0 Å². The Kier molecular flexibility index (Phi) is 4.98. The summed E-state index contributed by atoms with van der Waals surface area (Å²) in [6.07, 6.45) is 0. The summed E-state index contributed by atoms with van der Waals surface area (Å²) in [5.41, 5.74) is 1.37. The molecule has 17 heavy (non-hydrogen) atoms. The summed E-state index contributed by atoms with van der Waals surface area (Å²) in [6.45, 7) is 15.8. The van der Waals surface area contributed by atoms with E-state index in [1.165, 1.54) is 44.8 Å². The number of hydrogen-bond acceptors (Lipinski definition) is 4. The highest BCUT2D eigenvalue weighted by molar-refractivity contribution is 5.01. The smallest absolute Gasteiger partial charge is 0.0204 e. The number of piperazine rings is 2. The molecular weight excluding hydrogens is 212 g/mol. The van der Waals surface area contributed by atoms with Crippen LogP contribution in [-0.4, -0.2) is 87.2 Å². The van der Waals surface area contributed by atoms with Gasteiger partial charge < -0.3 is 10.2 Å². The Morgan fingerprint density at radius 2 is 1.47 bits per heavy atom. The van der Waals surface area contributed by atoms with Crippen LogP contribution in [0.1, 0.15) is 0 Å². The van der Waals surface area contributed by atoms with Crippen LogP contribution in [0.25, 0.3) is 0 Å². The van der Waals surface area contributed by atoms with Crippen molar-refractivity contribution in [2.45, 2.75) is 0 Å². The molecule has 4 heteroatoms. The van der Waals surface area contributed by atoms with Gasteiger partial charge in [-0.3, -0.25) is 9.80 Å². The van der Waals surface area contributed by atoms with Crippen LogP contribution in [0.15, 0.2) is 12.2 Å². The minimum Gasteiger partial charge on any atom is -0.314 e. The number of rotatable bonds is 4. The second-order valence-corrected chi connectivity index (χ2v) is 5.36. The van der Waals surface area contributed by atoms with Gasteiger partial charge in [-0.25, -0.2) is 0 Å². The van der Waals surface area contributed by atoms with Crippen LogP contribution in [0.5, 0.6) is 0 Å². The molecule has 2 rings (SSSR count). The van der Waals surface area contributed by atoms with Crippen LogP contribution in [0.3, 0.4) is 0 Å². The first kappa shape index (κ1) is 13.0. The van der Waals surface area contributed by atoms with Gasteiger partial charge in [0, 0.05) is 65.4 Å². The maximum absolute atomic E-state index is 4.24. The molecule has 2 fully saturated rings. The predicted molar refractivity (Wildman–Crippen MR) is 72.4 cm³/mol. The van der Waals surface area contributed by atoms with Gasteiger partial charge in [0.1, 0.15) is 0 Å². The van der Waals surface area contributed by atoms with Gasteiger partial charge >= 0.3 is 0 Å². The molecule has 0 radical (unpaired) electrons. The highest BCUT2D eigenvalue weighted by atomic mass is 15.2. The minimum atomic E-state index is 1.08. The van der Waals surface area contributed by atoms with Gasteiger partial charge in [0.05, 0.1) is 0 Å². The Balaban J connectivity index is 1.66. The van der Waals surface area contributed by atoms with E-state index in [2.05, 4.69) is 33.6 Å². The predicted octanol–water partition coefficient (Wildman–Crippen LogP) is -0.305. The van der Waals surface area contributed by atoms with Crippen molar-refractivity contribution in [2.24, 2.45) is 0 Å². The summed E-state index contributed by atoms with van der Waals surface area (Å²) < 4.78 is 0. The number of hydrogen-bond donors (Lipinski definition) is 1. The molecule has 0 amide bonds. The van der Waals surface area contributed by atoms with Crippen molar-refractivity contribution in [3.8, 4) is 0 Å². The van der Waals surface area contributed by atoms with Gasteiger partial charge in [0.2, 0.25) is 0 Å². The third-order valence-electron chi connectivity index (χ3n) is 3.70. The highest BCUT2D eigenvalue weighted by Crippen LogP contribution is 2.05. The zero-order chi connectivity index (χ0) is 12.1. The molecule has 0 atom stereocenters. The SMILES string of the molecule is C=C(CN1CCNCC1)CN1CCN(C)CC1. The molecule has 0 aromatic heterocycles. The first-order chi connectivity index (χ1) is 8.24. The van der Waals surface area contributed by atoms with Crippen molar-refractivity contribution in [1.29, 1.82) is 0 Å². The van der Waals surface area contributed by atoms with Gasteiger partial charge in [-0.1, -0.05) is 6.58 Å². The van der Waals surface area contributed by atoms with Crippen molar-refractivity contribution in [3.63, 3.8) is 0 Å². The lowest BCUT2D eigenvalue weighted by Crippen LogP contribution is -2.47. The molecule has 0 bridgehead atoms. The average Bonchev–Trinajstić information content (AvgIpc) is 2.33. The van der Waals surface area contributed by atoms with Gasteiger partial charge in [0.15, 0.2) is 0 Å². The van der Waals surface area contributed by atoms with E-state index < -0.39 is 0 Å². The zero-order valence-electron chi connectivity index (χ0n) is 11.1. The summed E-state index contributed by atoms with van der Waals surface area (Å²) >= 11 is 0. The van der Waals surface area contributed by atoms with E-state index in [0.717, 1.165) is 26.2 Å². The van der Waals surface area contributed by atoms with Crippen molar-refractivity contribution < 1.29 is 0 Å². The summed E-state index contributed by atoms with van der Waals surface area (Å²) in [7, 11) is 2.20. The zero-order valence-corrected chi connectivity index (χ0v) is 11.1. The second kappa shape index (κ2) is 6.50. The van der Waals surface area contributed by atoms with E-state index in [4.69, 9.17) is 0 Å². The standard InChI is InChI=1S/C13H26N4/c1-13(11-16-5-3-14-4-6-16)12-17-9-7-15(2)8-10-17/h14H,1,3-12H2,2H3. The van der Waals surface area contributed by atoms with E-state index in [0.29, 0.717) is 0 Å². The van der Waals surface area contributed by atoms with E-state index in [1.807, 2.05) is 0 Å². The number of likely N-dealkylation sites (N-methyl/N-ethyl adjacent to an activating group) is 1. The second-order valence-electron chi connectivity index (χ2n) is 5.36. The molecule has 0 saturated carbocycles. The fourth-order valence-corrected chi connectivity index (χ4v) is 2.56. The van der Waals surface area contributed by atoms with E-state index in [1.54, 1.807) is 0 Å².